The van der Waals surface area contributed by atoms with Crippen molar-refractivity contribution in [3.8, 4) is 0 Å². The van der Waals surface area contributed by atoms with Crippen LogP contribution in [0.3, 0.4) is 0 Å². The standard InChI is InChI=1S/C25H42N4O6/c1-25(2,3)35-24(33)29-11-9-20(10-12-29)27-13-15-28(16-14-27)23(32)19-7-5-18(6-8-19)22(31)26-17-21(30)34-4/h18-20H,5-17H2,1-4H3,(H,26,31). The van der Waals surface area contributed by atoms with Gasteiger partial charge in [-0.2, -0.15) is 0 Å². The minimum atomic E-state index is -0.479. The van der Waals surface area contributed by atoms with Crippen LogP contribution in [-0.4, -0.2) is 103 Å². The molecule has 0 aromatic carbocycles. The van der Waals surface area contributed by atoms with Gasteiger partial charge in [-0.15, -0.1) is 0 Å². The molecular formula is C25H42N4O6. The molecule has 0 bridgehead atoms. The average Bonchev–Trinajstić information content (AvgIpc) is 2.86. The third-order valence-electron chi connectivity index (χ3n) is 7.34. The lowest BCUT2D eigenvalue weighted by Crippen LogP contribution is -2.55. The Bertz CT molecular complexity index is 758. The van der Waals surface area contributed by atoms with Gasteiger partial charge in [0.1, 0.15) is 12.1 Å². The van der Waals surface area contributed by atoms with Gasteiger partial charge in [0.25, 0.3) is 0 Å². The zero-order chi connectivity index (χ0) is 25.6. The van der Waals surface area contributed by atoms with Gasteiger partial charge in [-0.05, 0) is 59.3 Å². The number of nitrogens with zero attached hydrogens (tertiary/aromatic N) is 3. The maximum absolute atomic E-state index is 13.1. The lowest BCUT2D eigenvalue weighted by Gasteiger charge is -2.43. The van der Waals surface area contributed by atoms with Crippen LogP contribution in [0.2, 0.25) is 0 Å². The van der Waals surface area contributed by atoms with Crippen molar-refractivity contribution in [3.63, 3.8) is 0 Å². The van der Waals surface area contributed by atoms with Crippen LogP contribution in [0.15, 0.2) is 0 Å². The van der Waals surface area contributed by atoms with Crippen molar-refractivity contribution in [3.05, 3.63) is 0 Å². The third kappa shape index (κ3) is 7.81. The number of esters is 1. The van der Waals surface area contributed by atoms with Crippen molar-refractivity contribution < 1.29 is 28.7 Å². The third-order valence-corrected chi connectivity index (χ3v) is 7.34. The van der Waals surface area contributed by atoms with Crippen LogP contribution in [0.5, 0.6) is 0 Å². The van der Waals surface area contributed by atoms with Gasteiger partial charge in [-0.25, -0.2) is 4.79 Å². The number of piperidine rings is 1. The van der Waals surface area contributed by atoms with E-state index in [1.54, 1.807) is 4.90 Å². The highest BCUT2D eigenvalue weighted by Gasteiger charge is 2.35. The van der Waals surface area contributed by atoms with Gasteiger partial charge in [0, 0.05) is 57.1 Å². The molecular weight excluding hydrogens is 452 g/mol. The molecule has 2 heterocycles. The van der Waals surface area contributed by atoms with E-state index < -0.39 is 11.6 Å². The summed E-state index contributed by atoms with van der Waals surface area (Å²) < 4.78 is 10.0. The Labute approximate surface area is 208 Å². The highest BCUT2D eigenvalue weighted by Crippen LogP contribution is 2.31. The lowest BCUT2D eigenvalue weighted by molar-refractivity contribution is -0.142. The smallest absolute Gasteiger partial charge is 0.410 e. The number of carbonyl (C=O) groups excluding carboxylic acids is 4. The molecule has 3 fully saturated rings. The molecule has 0 spiro atoms. The molecule has 10 heteroatoms. The number of ether oxygens (including phenoxy) is 2. The van der Waals surface area contributed by atoms with Gasteiger partial charge in [-0.3, -0.25) is 19.3 Å². The first-order chi connectivity index (χ1) is 16.6. The molecule has 3 amide bonds. The summed E-state index contributed by atoms with van der Waals surface area (Å²) in [6.45, 7) is 10.1. The lowest BCUT2D eigenvalue weighted by atomic mass is 9.81. The molecule has 3 aliphatic rings. The van der Waals surface area contributed by atoms with Crippen LogP contribution >= 0.6 is 0 Å². The van der Waals surface area contributed by atoms with Crippen molar-refractivity contribution in [2.75, 3.05) is 52.9 Å². The van der Waals surface area contributed by atoms with Gasteiger partial charge in [-0.1, -0.05) is 0 Å². The minimum absolute atomic E-state index is 0.0247. The van der Waals surface area contributed by atoms with Crippen LogP contribution in [0.25, 0.3) is 0 Å². The SMILES string of the molecule is COC(=O)CNC(=O)C1CCC(C(=O)N2CCN(C3CCN(C(=O)OC(C)(C)C)CC3)CC2)CC1. The van der Waals surface area contributed by atoms with Crippen LogP contribution in [0.4, 0.5) is 4.79 Å². The topological polar surface area (TPSA) is 108 Å². The normalized spacial score (nSPS) is 24.6. The predicted molar refractivity (Wildman–Crippen MR) is 129 cm³/mol. The van der Waals surface area contributed by atoms with Crippen molar-refractivity contribution >= 4 is 23.9 Å². The fourth-order valence-electron chi connectivity index (χ4n) is 5.28. The van der Waals surface area contributed by atoms with E-state index in [2.05, 4.69) is 15.0 Å². The van der Waals surface area contributed by atoms with E-state index >= 15 is 0 Å². The fraction of sp³-hybridized carbons (Fsp3) is 0.840. The minimum Gasteiger partial charge on any atom is -0.468 e. The van der Waals surface area contributed by atoms with E-state index in [1.807, 2.05) is 25.7 Å². The molecule has 35 heavy (non-hydrogen) atoms. The van der Waals surface area contributed by atoms with Crippen molar-refractivity contribution in [2.24, 2.45) is 11.8 Å². The Morgan fingerprint density at radius 2 is 1.37 bits per heavy atom. The number of nitrogens with one attached hydrogen (secondary N) is 1. The molecule has 1 aliphatic carbocycles. The highest BCUT2D eigenvalue weighted by atomic mass is 16.6. The summed E-state index contributed by atoms with van der Waals surface area (Å²) in [5.41, 5.74) is -0.479. The van der Waals surface area contributed by atoms with E-state index in [4.69, 9.17) is 4.74 Å². The number of methoxy groups -OCH3 is 1. The van der Waals surface area contributed by atoms with Crippen LogP contribution in [0.1, 0.15) is 59.3 Å². The molecule has 198 valence electrons. The molecule has 0 aromatic heterocycles. The Morgan fingerprint density at radius 3 is 1.91 bits per heavy atom. The monoisotopic (exact) mass is 494 g/mol. The number of piperazine rings is 1. The largest absolute Gasteiger partial charge is 0.468 e. The molecule has 0 atom stereocenters. The first-order valence-electron chi connectivity index (χ1n) is 12.9. The Morgan fingerprint density at radius 1 is 0.800 bits per heavy atom. The van der Waals surface area contributed by atoms with Gasteiger partial charge >= 0.3 is 12.1 Å². The van der Waals surface area contributed by atoms with Crippen LogP contribution in [-0.2, 0) is 23.9 Å². The summed E-state index contributed by atoms with van der Waals surface area (Å²) in [5.74, 6) is -0.559. The van der Waals surface area contributed by atoms with Crippen molar-refractivity contribution in [1.29, 1.82) is 0 Å². The highest BCUT2D eigenvalue weighted by molar-refractivity contribution is 5.84. The molecule has 0 aromatic rings. The van der Waals surface area contributed by atoms with E-state index in [9.17, 15) is 19.2 Å². The Balaban J connectivity index is 1.36. The summed E-state index contributed by atoms with van der Waals surface area (Å²) in [7, 11) is 1.29. The second-order valence-corrected chi connectivity index (χ2v) is 10.9. The van der Waals surface area contributed by atoms with Gasteiger partial charge in [0.15, 0.2) is 0 Å². The number of carbonyl (C=O) groups is 4. The Kier molecular flexibility index (Phi) is 9.38. The van der Waals surface area contributed by atoms with Gasteiger partial charge in [0.05, 0.1) is 7.11 Å². The van der Waals surface area contributed by atoms with E-state index in [0.717, 1.165) is 39.0 Å². The molecule has 2 aliphatic heterocycles. The molecule has 10 nitrogen and oxygen atoms in total. The average molecular weight is 495 g/mol. The van der Waals surface area contributed by atoms with Crippen molar-refractivity contribution in [2.45, 2.75) is 70.9 Å². The van der Waals surface area contributed by atoms with Crippen LogP contribution < -0.4 is 5.32 Å². The molecule has 0 unspecified atom stereocenters. The van der Waals surface area contributed by atoms with Gasteiger partial charge < -0.3 is 24.6 Å². The maximum Gasteiger partial charge on any atom is 0.410 e. The molecule has 2 saturated heterocycles. The predicted octanol–water partition coefficient (Wildman–Crippen LogP) is 1.63. The van der Waals surface area contributed by atoms with Gasteiger partial charge in [0.2, 0.25) is 11.8 Å². The summed E-state index contributed by atoms with van der Waals surface area (Å²) in [6.07, 6.45) is 4.36. The number of hydrogen-bond acceptors (Lipinski definition) is 7. The molecule has 1 N–H and O–H groups in total. The summed E-state index contributed by atoms with van der Waals surface area (Å²) >= 11 is 0. The Hall–Kier alpha value is -2.36. The van der Waals surface area contributed by atoms with E-state index in [1.165, 1.54) is 7.11 Å². The molecule has 1 saturated carbocycles. The summed E-state index contributed by atoms with van der Waals surface area (Å²) in [6, 6.07) is 0.435. The zero-order valence-corrected chi connectivity index (χ0v) is 21.7. The quantitative estimate of drug-likeness (QED) is 0.579. The number of rotatable bonds is 5. The van der Waals surface area contributed by atoms with E-state index in [-0.39, 0.29) is 36.3 Å². The first kappa shape index (κ1) is 27.2. The van der Waals surface area contributed by atoms with Crippen LogP contribution in [0, 0.1) is 11.8 Å². The zero-order valence-electron chi connectivity index (χ0n) is 21.7. The second kappa shape index (κ2) is 12.1. The summed E-state index contributed by atoms with van der Waals surface area (Å²) in [5, 5.41) is 2.62. The number of likely N-dealkylation sites (tertiary alicyclic amines) is 1. The summed E-state index contributed by atoms with van der Waals surface area (Å²) in [4.78, 5) is 55.1. The van der Waals surface area contributed by atoms with E-state index in [0.29, 0.717) is 44.8 Å². The van der Waals surface area contributed by atoms with Crippen molar-refractivity contribution in [1.82, 2.24) is 20.0 Å². The second-order valence-electron chi connectivity index (χ2n) is 10.9. The molecule has 0 radical (unpaired) electrons. The fourth-order valence-corrected chi connectivity index (χ4v) is 5.28. The maximum atomic E-state index is 13.1. The number of hydrogen-bond donors (Lipinski definition) is 1. The molecule has 3 rings (SSSR count). The number of amides is 3. The first-order valence-corrected chi connectivity index (χ1v) is 12.9.